The van der Waals surface area contributed by atoms with Crippen LogP contribution in [-0.4, -0.2) is 4.98 Å². The van der Waals surface area contributed by atoms with Crippen molar-refractivity contribution in [2.24, 2.45) is 0 Å². The monoisotopic (exact) mass is 123 g/mol. The maximum atomic E-state index is 5.06. The van der Waals surface area contributed by atoms with Gasteiger partial charge in [-0.05, 0) is 12.8 Å². The molecular formula is C6H5NS. The van der Waals surface area contributed by atoms with Gasteiger partial charge in [0, 0.05) is 11.1 Å². The minimum atomic E-state index is 0.766. The molecule has 1 heterocycles. The zero-order valence-corrected chi connectivity index (χ0v) is 5.33. The van der Waals surface area contributed by atoms with Crippen LogP contribution in [0.2, 0.25) is 0 Å². The highest BCUT2D eigenvalue weighted by Gasteiger charge is 1.89. The van der Waals surface area contributed by atoms with E-state index >= 15 is 0 Å². The number of terminal acetylenes is 1. The van der Waals surface area contributed by atoms with Gasteiger partial charge in [-0.1, -0.05) is 0 Å². The molecule has 1 aromatic heterocycles. The lowest BCUT2D eigenvalue weighted by Gasteiger charge is -1.71. The molecule has 0 radical (unpaired) electrons. The molecule has 40 valence electrons. The van der Waals surface area contributed by atoms with Crippen molar-refractivity contribution in [1.29, 1.82) is 0 Å². The third-order valence-electron chi connectivity index (χ3n) is 0.742. The van der Waals surface area contributed by atoms with E-state index in [1.54, 1.807) is 0 Å². The number of rotatable bonds is 0. The second kappa shape index (κ2) is 1.97. The fraction of sp³-hybridized carbons (Fsp3) is 0.167. The first-order valence-corrected chi connectivity index (χ1v) is 3.09. The number of hydrogen-bond acceptors (Lipinski definition) is 2. The molecule has 0 saturated carbocycles. The van der Waals surface area contributed by atoms with E-state index in [0.717, 1.165) is 10.7 Å². The molecule has 0 fully saturated rings. The first-order chi connectivity index (χ1) is 3.83. The van der Waals surface area contributed by atoms with Crippen LogP contribution in [0.15, 0.2) is 5.38 Å². The Morgan fingerprint density at radius 1 is 1.88 bits per heavy atom. The van der Waals surface area contributed by atoms with Crippen LogP contribution >= 0.6 is 11.3 Å². The lowest BCUT2D eigenvalue weighted by Crippen LogP contribution is -1.69. The maximum Gasteiger partial charge on any atom is 0.166 e. The molecule has 0 bridgehead atoms. The molecule has 0 aromatic carbocycles. The van der Waals surface area contributed by atoms with Crippen LogP contribution in [0, 0.1) is 19.3 Å². The molecule has 0 aliphatic carbocycles. The summed E-state index contributed by atoms with van der Waals surface area (Å²) in [5, 5.41) is 2.71. The topological polar surface area (TPSA) is 12.9 Å². The van der Waals surface area contributed by atoms with Crippen LogP contribution in [0.4, 0.5) is 0 Å². The lowest BCUT2D eigenvalue weighted by atomic mass is 10.6. The van der Waals surface area contributed by atoms with Crippen LogP contribution < -0.4 is 0 Å². The third-order valence-corrected chi connectivity index (χ3v) is 1.63. The minimum absolute atomic E-state index is 0.766. The predicted molar refractivity (Wildman–Crippen MR) is 34.8 cm³/mol. The van der Waals surface area contributed by atoms with Crippen molar-refractivity contribution in [2.75, 3.05) is 0 Å². The molecule has 0 atom stereocenters. The van der Waals surface area contributed by atoms with Crippen molar-refractivity contribution in [3.05, 3.63) is 16.1 Å². The summed E-state index contributed by atoms with van der Waals surface area (Å²) in [4.78, 5) is 4.01. The Bertz CT molecular complexity index is 219. The van der Waals surface area contributed by atoms with Gasteiger partial charge in [-0.3, -0.25) is 0 Å². The van der Waals surface area contributed by atoms with Crippen molar-refractivity contribution in [1.82, 2.24) is 4.98 Å². The summed E-state index contributed by atoms with van der Waals surface area (Å²) in [7, 11) is 0. The lowest BCUT2D eigenvalue weighted by molar-refractivity contribution is 1.25. The van der Waals surface area contributed by atoms with Gasteiger partial charge in [-0.15, -0.1) is 17.8 Å². The molecule has 2 heteroatoms. The van der Waals surface area contributed by atoms with E-state index in [1.165, 1.54) is 11.3 Å². The molecule has 0 unspecified atom stereocenters. The summed E-state index contributed by atoms with van der Waals surface area (Å²) in [6, 6.07) is 0. The van der Waals surface area contributed by atoms with Gasteiger partial charge in [0.2, 0.25) is 0 Å². The van der Waals surface area contributed by atoms with Crippen LogP contribution in [0.5, 0.6) is 0 Å². The van der Waals surface area contributed by atoms with Gasteiger partial charge in [0.25, 0.3) is 0 Å². The average molecular weight is 123 g/mol. The van der Waals surface area contributed by atoms with Gasteiger partial charge < -0.3 is 0 Å². The summed E-state index contributed by atoms with van der Waals surface area (Å²) in [6.07, 6.45) is 5.06. The molecule has 1 aromatic rings. The molecule has 8 heavy (non-hydrogen) atoms. The molecule has 0 amide bonds. The van der Waals surface area contributed by atoms with E-state index < -0.39 is 0 Å². The Kier molecular flexibility index (Phi) is 1.32. The van der Waals surface area contributed by atoms with Gasteiger partial charge in [0.15, 0.2) is 5.01 Å². The van der Waals surface area contributed by atoms with E-state index in [0.29, 0.717) is 0 Å². The molecule has 1 nitrogen and oxygen atoms in total. The van der Waals surface area contributed by atoms with Crippen molar-refractivity contribution >= 4 is 11.3 Å². The first-order valence-electron chi connectivity index (χ1n) is 2.21. The summed E-state index contributed by atoms with van der Waals surface area (Å²) in [5.41, 5.74) is 1.00. The van der Waals surface area contributed by atoms with Gasteiger partial charge in [0.1, 0.15) is 0 Å². The van der Waals surface area contributed by atoms with Crippen LogP contribution in [0.3, 0.4) is 0 Å². The average Bonchev–Trinajstić information content (AvgIpc) is 2.14. The van der Waals surface area contributed by atoms with Crippen molar-refractivity contribution in [2.45, 2.75) is 6.92 Å². The van der Waals surface area contributed by atoms with Crippen LogP contribution in [0.25, 0.3) is 0 Å². The van der Waals surface area contributed by atoms with Crippen molar-refractivity contribution in [3.63, 3.8) is 0 Å². The molecule has 0 aliphatic heterocycles. The number of thiazole rings is 1. The normalized spacial score (nSPS) is 8.50. The smallest absolute Gasteiger partial charge is 0.166 e. The highest BCUT2D eigenvalue weighted by molar-refractivity contribution is 7.10. The highest BCUT2D eigenvalue weighted by atomic mass is 32.1. The van der Waals surface area contributed by atoms with E-state index in [4.69, 9.17) is 6.42 Å². The van der Waals surface area contributed by atoms with Gasteiger partial charge in [-0.25, -0.2) is 4.98 Å². The molecule has 0 N–H and O–H groups in total. The summed E-state index contributed by atoms with van der Waals surface area (Å²) in [6.45, 7) is 1.93. The number of aromatic nitrogens is 1. The summed E-state index contributed by atoms with van der Waals surface area (Å²) in [5.74, 6) is 2.46. The SMILES string of the molecule is C#Cc1nc(C)cs1. The predicted octanol–water partition coefficient (Wildman–Crippen LogP) is 1.43. The van der Waals surface area contributed by atoms with Gasteiger partial charge >= 0.3 is 0 Å². The molecule has 0 aliphatic rings. The highest BCUT2D eigenvalue weighted by Crippen LogP contribution is 2.05. The second-order valence-electron chi connectivity index (χ2n) is 1.44. The molecule has 0 spiro atoms. The van der Waals surface area contributed by atoms with Gasteiger partial charge in [0.05, 0.1) is 0 Å². The minimum Gasteiger partial charge on any atom is -0.233 e. The van der Waals surface area contributed by atoms with E-state index in [-0.39, 0.29) is 0 Å². The Labute approximate surface area is 52.4 Å². The Morgan fingerprint density at radius 2 is 2.62 bits per heavy atom. The van der Waals surface area contributed by atoms with Crippen LogP contribution in [0.1, 0.15) is 10.7 Å². The summed E-state index contributed by atoms with van der Waals surface area (Å²) >= 11 is 1.50. The fourth-order valence-electron chi connectivity index (χ4n) is 0.420. The Hall–Kier alpha value is -0.810. The second-order valence-corrected chi connectivity index (χ2v) is 2.30. The Morgan fingerprint density at radius 3 is 2.88 bits per heavy atom. The first kappa shape index (κ1) is 5.33. The molecular weight excluding hydrogens is 118 g/mol. The van der Waals surface area contributed by atoms with Crippen molar-refractivity contribution in [3.8, 4) is 12.3 Å². The van der Waals surface area contributed by atoms with Crippen molar-refractivity contribution < 1.29 is 0 Å². The van der Waals surface area contributed by atoms with E-state index in [1.807, 2.05) is 12.3 Å². The van der Waals surface area contributed by atoms with Crippen LogP contribution in [-0.2, 0) is 0 Å². The Balaban J connectivity index is 3.05. The quantitative estimate of drug-likeness (QED) is 0.475. The fourth-order valence-corrected chi connectivity index (χ4v) is 1.02. The molecule has 1 rings (SSSR count). The number of hydrogen-bond donors (Lipinski definition) is 0. The zero-order chi connectivity index (χ0) is 5.98. The standard InChI is InChI=1S/C6H5NS/c1-3-6-7-5(2)4-8-6/h1,4H,2H3. The largest absolute Gasteiger partial charge is 0.233 e. The zero-order valence-electron chi connectivity index (χ0n) is 4.51. The number of nitrogens with zero attached hydrogens (tertiary/aromatic N) is 1. The van der Waals surface area contributed by atoms with E-state index in [2.05, 4.69) is 10.9 Å². The molecule has 0 saturated heterocycles. The summed E-state index contributed by atoms with van der Waals surface area (Å²) < 4.78 is 0. The van der Waals surface area contributed by atoms with Gasteiger partial charge in [-0.2, -0.15) is 0 Å². The maximum absolute atomic E-state index is 5.06. The van der Waals surface area contributed by atoms with E-state index in [9.17, 15) is 0 Å². The number of aryl methyl sites for hydroxylation is 1. The third kappa shape index (κ3) is 0.877.